The van der Waals surface area contributed by atoms with Crippen LogP contribution in [0.4, 0.5) is 0 Å². The van der Waals surface area contributed by atoms with Gasteiger partial charge in [0.15, 0.2) is 6.10 Å². The molecule has 0 aromatic carbocycles. The van der Waals surface area contributed by atoms with Crippen molar-refractivity contribution in [3.63, 3.8) is 0 Å². The van der Waals surface area contributed by atoms with Crippen molar-refractivity contribution in [2.45, 2.75) is 84.8 Å². The van der Waals surface area contributed by atoms with Crippen LogP contribution in [0, 0.1) is 17.3 Å². The van der Waals surface area contributed by atoms with Crippen LogP contribution in [0.3, 0.4) is 0 Å². The fourth-order valence-corrected chi connectivity index (χ4v) is 4.05. The minimum Gasteiger partial charge on any atom is -0.488 e. The Hall–Kier alpha value is -1.03. The van der Waals surface area contributed by atoms with E-state index in [9.17, 15) is 4.79 Å². The maximum absolute atomic E-state index is 13.0. The van der Waals surface area contributed by atoms with E-state index in [1.807, 2.05) is 6.92 Å². The second-order valence-corrected chi connectivity index (χ2v) is 8.82. The average molecular weight is 353 g/mol. The van der Waals surface area contributed by atoms with Crippen LogP contribution in [-0.4, -0.2) is 30.9 Å². The molecule has 0 aliphatic carbocycles. The first-order chi connectivity index (χ1) is 11.7. The lowest BCUT2D eigenvalue weighted by Gasteiger charge is -2.38. The third kappa shape index (κ3) is 4.78. The largest absolute Gasteiger partial charge is 0.488 e. The normalized spacial score (nSPS) is 26.2. The van der Waals surface area contributed by atoms with Gasteiger partial charge in [-0.05, 0) is 44.4 Å². The third-order valence-electron chi connectivity index (χ3n) is 6.03. The van der Waals surface area contributed by atoms with Crippen molar-refractivity contribution >= 4 is 5.97 Å². The Kier molecular flexibility index (Phi) is 6.58. The highest BCUT2D eigenvalue weighted by Crippen LogP contribution is 2.40. The Labute approximate surface area is 153 Å². The van der Waals surface area contributed by atoms with Crippen LogP contribution in [0.2, 0.25) is 0 Å². The summed E-state index contributed by atoms with van der Waals surface area (Å²) in [5.74, 6) is 1.17. The molecule has 0 radical (unpaired) electrons. The molecule has 2 saturated heterocycles. The van der Waals surface area contributed by atoms with Crippen LogP contribution in [0.1, 0.15) is 73.1 Å². The molecule has 144 valence electrons. The summed E-state index contributed by atoms with van der Waals surface area (Å²) >= 11 is 0. The first-order valence-corrected chi connectivity index (χ1v) is 9.85. The second-order valence-electron chi connectivity index (χ2n) is 8.82. The van der Waals surface area contributed by atoms with Crippen molar-refractivity contribution in [1.82, 2.24) is 0 Å². The first-order valence-electron chi connectivity index (χ1n) is 9.85. The van der Waals surface area contributed by atoms with Crippen LogP contribution in [0.25, 0.3) is 0 Å². The molecule has 2 rings (SSSR count). The number of ether oxygens (including phenoxy) is 3. The molecule has 4 heteroatoms. The summed E-state index contributed by atoms with van der Waals surface area (Å²) in [6.07, 6.45) is 5.04. The number of esters is 1. The Morgan fingerprint density at radius 1 is 1.28 bits per heavy atom. The van der Waals surface area contributed by atoms with E-state index in [4.69, 9.17) is 14.2 Å². The van der Waals surface area contributed by atoms with Gasteiger partial charge in [-0.3, -0.25) is 4.79 Å². The molecule has 2 atom stereocenters. The summed E-state index contributed by atoms with van der Waals surface area (Å²) < 4.78 is 17.7. The van der Waals surface area contributed by atoms with E-state index >= 15 is 0 Å². The lowest BCUT2D eigenvalue weighted by atomic mass is 9.73. The molecule has 2 fully saturated rings. The molecule has 4 nitrogen and oxygen atoms in total. The quantitative estimate of drug-likeness (QED) is 0.662. The highest BCUT2D eigenvalue weighted by molar-refractivity contribution is 5.77. The van der Waals surface area contributed by atoms with Crippen LogP contribution < -0.4 is 0 Å². The Morgan fingerprint density at radius 2 is 1.92 bits per heavy atom. The number of carbonyl (C=O) groups excluding carboxylic acids is 1. The van der Waals surface area contributed by atoms with E-state index in [1.165, 1.54) is 0 Å². The molecule has 2 heterocycles. The highest BCUT2D eigenvalue weighted by atomic mass is 16.6. The summed E-state index contributed by atoms with van der Waals surface area (Å²) in [6.45, 7) is 16.1. The van der Waals surface area contributed by atoms with Crippen LogP contribution in [-0.2, 0) is 19.0 Å². The lowest BCUT2D eigenvalue weighted by Crippen LogP contribution is -2.40. The summed E-state index contributed by atoms with van der Waals surface area (Å²) in [6, 6.07) is 0. The smallest absolute Gasteiger partial charge is 0.312 e. The summed E-state index contributed by atoms with van der Waals surface area (Å²) in [4.78, 5) is 13.0. The molecule has 0 aromatic heterocycles. The van der Waals surface area contributed by atoms with Gasteiger partial charge in [-0.15, -0.1) is 0 Å². The average Bonchev–Trinajstić information content (AvgIpc) is 2.66. The molecule has 0 N–H and O–H groups in total. The zero-order valence-corrected chi connectivity index (χ0v) is 16.7. The Bertz CT molecular complexity index is 476. The fourth-order valence-electron chi connectivity index (χ4n) is 4.05. The van der Waals surface area contributed by atoms with E-state index < -0.39 is 5.41 Å². The van der Waals surface area contributed by atoms with Gasteiger partial charge in [0.25, 0.3) is 0 Å². The third-order valence-corrected chi connectivity index (χ3v) is 6.03. The number of hydrogen-bond acceptors (Lipinski definition) is 4. The van der Waals surface area contributed by atoms with Crippen molar-refractivity contribution in [2.24, 2.45) is 17.3 Å². The van der Waals surface area contributed by atoms with Gasteiger partial charge in [-0.2, -0.15) is 0 Å². The van der Waals surface area contributed by atoms with Crippen molar-refractivity contribution in [2.75, 3.05) is 13.2 Å². The fraction of sp³-hybridized carbons (Fsp3) is 0.857. The van der Waals surface area contributed by atoms with E-state index in [-0.39, 0.29) is 23.6 Å². The molecular formula is C21H36O4. The summed E-state index contributed by atoms with van der Waals surface area (Å²) in [7, 11) is 0. The minimum absolute atomic E-state index is 0.117. The Morgan fingerprint density at radius 3 is 2.48 bits per heavy atom. The van der Waals surface area contributed by atoms with Gasteiger partial charge in [0, 0.05) is 12.8 Å². The zero-order valence-electron chi connectivity index (χ0n) is 16.7. The topological polar surface area (TPSA) is 44.8 Å². The van der Waals surface area contributed by atoms with Crippen LogP contribution in [0.5, 0.6) is 0 Å². The minimum atomic E-state index is -0.475. The second kappa shape index (κ2) is 8.11. The maximum atomic E-state index is 13.0. The Balaban J connectivity index is 2.05. The van der Waals surface area contributed by atoms with Crippen LogP contribution in [0.15, 0.2) is 12.3 Å². The predicted octanol–water partition coefficient (Wildman–Crippen LogP) is 4.87. The van der Waals surface area contributed by atoms with E-state index in [0.29, 0.717) is 11.7 Å². The molecule has 0 aromatic rings. The number of carbonyl (C=O) groups is 1. The summed E-state index contributed by atoms with van der Waals surface area (Å²) in [5, 5.41) is 0. The molecule has 2 aliphatic rings. The van der Waals surface area contributed by atoms with Crippen molar-refractivity contribution in [3.8, 4) is 0 Å². The van der Waals surface area contributed by atoms with Gasteiger partial charge in [0.2, 0.25) is 0 Å². The van der Waals surface area contributed by atoms with Gasteiger partial charge < -0.3 is 14.2 Å². The molecule has 0 amide bonds. The lowest BCUT2D eigenvalue weighted by molar-refractivity contribution is -0.166. The molecule has 2 aliphatic heterocycles. The number of rotatable bonds is 5. The molecule has 0 bridgehead atoms. The zero-order chi connectivity index (χ0) is 18.7. The van der Waals surface area contributed by atoms with Crippen molar-refractivity contribution in [1.29, 1.82) is 0 Å². The van der Waals surface area contributed by atoms with Gasteiger partial charge in [0.1, 0.15) is 11.4 Å². The molecular weight excluding hydrogens is 316 g/mol. The molecule has 25 heavy (non-hydrogen) atoms. The SMILES string of the molecule is C=C1OC2(CCCC1OC(=O)C(C)(CC(C)C)C(C)C)CCOCC2. The number of hydrogen-bond donors (Lipinski definition) is 0. The predicted molar refractivity (Wildman–Crippen MR) is 99.1 cm³/mol. The first kappa shape index (κ1) is 20.3. The van der Waals surface area contributed by atoms with Crippen molar-refractivity contribution < 1.29 is 19.0 Å². The highest BCUT2D eigenvalue weighted by Gasteiger charge is 2.43. The van der Waals surface area contributed by atoms with Crippen molar-refractivity contribution in [3.05, 3.63) is 12.3 Å². The van der Waals surface area contributed by atoms with Gasteiger partial charge in [0.05, 0.1) is 18.6 Å². The van der Waals surface area contributed by atoms with E-state index in [1.54, 1.807) is 0 Å². The standard InChI is InChI=1S/C21H36O4/c1-15(2)14-20(6,16(3)4)19(22)24-18-8-7-9-21(25-17(18)5)10-12-23-13-11-21/h15-16,18H,5,7-14H2,1-4,6H3. The van der Waals surface area contributed by atoms with E-state index in [2.05, 4.69) is 34.3 Å². The molecule has 0 saturated carbocycles. The summed E-state index contributed by atoms with van der Waals surface area (Å²) in [5.41, 5.74) is -0.646. The molecule has 2 unspecified atom stereocenters. The van der Waals surface area contributed by atoms with Gasteiger partial charge in [-0.25, -0.2) is 0 Å². The van der Waals surface area contributed by atoms with Gasteiger partial charge >= 0.3 is 5.97 Å². The van der Waals surface area contributed by atoms with Crippen LogP contribution >= 0.6 is 0 Å². The van der Waals surface area contributed by atoms with Gasteiger partial charge in [-0.1, -0.05) is 34.3 Å². The molecule has 1 spiro atoms. The monoisotopic (exact) mass is 352 g/mol. The maximum Gasteiger partial charge on any atom is 0.312 e. The van der Waals surface area contributed by atoms with E-state index in [0.717, 1.165) is 51.7 Å².